The van der Waals surface area contributed by atoms with Crippen LogP contribution in [0.2, 0.25) is 0 Å². The second kappa shape index (κ2) is 5.46. The first kappa shape index (κ1) is 12.4. The maximum atomic E-state index is 11.3. The minimum absolute atomic E-state index is 0.0711. The van der Waals surface area contributed by atoms with Gasteiger partial charge in [0.25, 0.3) is 0 Å². The van der Waals surface area contributed by atoms with Gasteiger partial charge in [-0.1, -0.05) is 6.42 Å². The largest absolute Gasteiger partial charge is 0.351 e. The lowest BCUT2D eigenvalue weighted by atomic mass is 10.1. The van der Waals surface area contributed by atoms with Crippen molar-refractivity contribution in [2.24, 2.45) is 0 Å². The Bertz CT molecular complexity index is 305. The van der Waals surface area contributed by atoms with Gasteiger partial charge in [0, 0.05) is 18.8 Å². The van der Waals surface area contributed by atoms with E-state index in [0.717, 1.165) is 38.6 Å². The lowest BCUT2D eigenvalue weighted by Gasteiger charge is -2.15. The van der Waals surface area contributed by atoms with E-state index in [9.17, 15) is 13.2 Å². The van der Waals surface area contributed by atoms with E-state index in [0.29, 0.717) is 0 Å². The molecule has 0 radical (unpaired) electrons. The van der Waals surface area contributed by atoms with E-state index in [-0.39, 0.29) is 6.04 Å². The Hall–Kier alpha value is -0.620. The number of carbonyl (C=O) groups excluding carboxylic acids is 1. The van der Waals surface area contributed by atoms with Crippen LogP contribution in [-0.2, 0) is 14.6 Å². The summed E-state index contributed by atoms with van der Waals surface area (Å²) in [6.45, 7) is 1.70. The third-order valence-electron chi connectivity index (χ3n) is 2.31. The van der Waals surface area contributed by atoms with Crippen molar-refractivity contribution in [1.82, 2.24) is 10.6 Å². The first-order chi connectivity index (χ1) is 6.97. The summed E-state index contributed by atoms with van der Waals surface area (Å²) in [4.78, 5) is 11.3. The van der Waals surface area contributed by atoms with E-state index in [4.69, 9.17) is 0 Å². The predicted molar refractivity (Wildman–Crippen MR) is 58.4 cm³/mol. The first-order valence-corrected chi connectivity index (χ1v) is 7.21. The third kappa shape index (κ3) is 5.74. The maximum Gasteiger partial charge on any atom is 0.235 e. The van der Waals surface area contributed by atoms with Crippen molar-refractivity contribution in [2.45, 2.75) is 25.3 Å². The summed E-state index contributed by atoms with van der Waals surface area (Å²) in [5, 5.41) is 5.94. The molecule has 15 heavy (non-hydrogen) atoms. The van der Waals surface area contributed by atoms with Crippen LogP contribution in [0.3, 0.4) is 0 Å². The predicted octanol–water partition coefficient (Wildman–Crippen LogP) is -0.711. The van der Waals surface area contributed by atoms with Crippen LogP contribution in [0.15, 0.2) is 0 Å². The van der Waals surface area contributed by atoms with Crippen molar-refractivity contribution in [3.05, 3.63) is 0 Å². The van der Waals surface area contributed by atoms with Crippen LogP contribution in [0.1, 0.15) is 19.3 Å². The topological polar surface area (TPSA) is 75.3 Å². The number of sulfone groups is 1. The van der Waals surface area contributed by atoms with Gasteiger partial charge in [0.2, 0.25) is 5.91 Å². The Labute approximate surface area is 90.5 Å². The number of nitrogens with one attached hydrogen (secondary N) is 2. The monoisotopic (exact) mass is 234 g/mol. The SMILES string of the molecule is CS(=O)(=O)CC(=O)NC1CCCCNC1. The molecule has 1 amide bonds. The number of hydrogen-bond donors (Lipinski definition) is 2. The highest BCUT2D eigenvalue weighted by Crippen LogP contribution is 2.03. The fraction of sp³-hybridized carbons (Fsp3) is 0.889. The van der Waals surface area contributed by atoms with Crippen LogP contribution >= 0.6 is 0 Å². The molecule has 1 fully saturated rings. The lowest BCUT2D eigenvalue weighted by molar-refractivity contribution is -0.119. The molecule has 1 aliphatic rings. The van der Waals surface area contributed by atoms with E-state index in [1.54, 1.807) is 0 Å². The van der Waals surface area contributed by atoms with E-state index < -0.39 is 21.5 Å². The molecule has 1 aliphatic heterocycles. The number of hydrogen-bond acceptors (Lipinski definition) is 4. The highest BCUT2D eigenvalue weighted by Gasteiger charge is 2.17. The lowest BCUT2D eigenvalue weighted by Crippen LogP contribution is -2.43. The Morgan fingerprint density at radius 3 is 2.87 bits per heavy atom. The van der Waals surface area contributed by atoms with Gasteiger partial charge >= 0.3 is 0 Å². The molecule has 5 nitrogen and oxygen atoms in total. The molecule has 1 saturated heterocycles. The van der Waals surface area contributed by atoms with Crippen molar-refractivity contribution in [3.8, 4) is 0 Å². The second-order valence-electron chi connectivity index (χ2n) is 4.03. The van der Waals surface area contributed by atoms with Crippen molar-refractivity contribution in [1.29, 1.82) is 0 Å². The van der Waals surface area contributed by atoms with Gasteiger partial charge in [-0.3, -0.25) is 4.79 Å². The summed E-state index contributed by atoms with van der Waals surface area (Å²) in [6, 6.07) is 0.0711. The summed E-state index contributed by atoms with van der Waals surface area (Å²) in [6.07, 6.45) is 4.16. The van der Waals surface area contributed by atoms with Crippen LogP contribution in [0, 0.1) is 0 Å². The average molecular weight is 234 g/mol. The quantitative estimate of drug-likeness (QED) is 0.676. The average Bonchev–Trinajstić information content (AvgIpc) is 2.28. The standard InChI is InChI=1S/C9H18N2O3S/c1-15(13,14)7-9(12)11-8-4-2-3-5-10-6-8/h8,10H,2-7H2,1H3,(H,11,12). The highest BCUT2D eigenvalue weighted by atomic mass is 32.2. The second-order valence-corrected chi connectivity index (χ2v) is 6.17. The normalized spacial score (nSPS) is 23.1. The molecule has 0 aliphatic carbocycles. The molecule has 1 atom stereocenters. The van der Waals surface area contributed by atoms with E-state index in [1.807, 2.05) is 0 Å². The Morgan fingerprint density at radius 2 is 2.20 bits per heavy atom. The zero-order valence-corrected chi connectivity index (χ0v) is 9.77. The molecule has 2 N–H and O–H groups in total. The van der Waals surface area contributed by atoms with E-state index in [2.05, 4.69) is 10.6 Å². The van der Waals surface area contributed by atoms with Crippen molar-refractivity contribution in [2.75, 3.05) is 25.1 Å². The fourth-order valence-corrected chi connectivity index (χ4v) is 2.21. The van der Waals surface area contributed by atoms with Crippen molar-refractivity contribution >= 4 is 15.7 Å². The molecular weight excluding hydrogens is 216 g/mol. The summed E-state index contributed by atoms with van der Waals surface area (Å²) in [5.41, 5.74) is 0. The van der Waals surface area contributed by atoms with Crippen LogP contribution in [0.5, 0.6) is 0 Å². The van der Waals surface area contributed by atoms with Gasteiger partial charge in [0.15, 0.2) is 9.84 Å². The van der Waals surface area contributed by atoms with Gasteiger partial charge < -0.3 is 10.6 Å². The maximum absolute atomic E-state index is 11.3. The number of amides is 1. The smallest absolute Gasteiger partial charge is 0.235 e. The molecule has 0 aromatic heterocycles. The van der Waals surface area contributed by atoms with Gasteiger partial charge in [-0.25, -0.2) is 8.42 Å². The van der Waals surface area contributed by atoms with Crippen molar-refractivity contribution < 1.29 is 13.2 Å². The highest BCUT2D eigenvalue weighted by molar-refractivity contribution is 7.91. The molecule has 88 valence electrons. The zero-order chi connectivity index (χ0) is 11.3. The van der Waals surface area contributed by atoms with Crippen LogP contribution in [0.25, 0.3) is 0 Å². The molecule has 0 aromatic rings. The molecule has 0 saturated carbocycles. The Balaban J connectivity index is 2.36. The summed E-state index contributed by atoms with van der Waals surface area (Å²) >= 11 is 0. The molecule has 0 spiro atoms. The van der Waals surface area contributed by atoms with Gasteiger partial charge in [0.1, 0.15) is 5.75 Å². The van der Waals surface area contributed by atoms with Crippen LogP contribution in [0.4, 0.5) is 0 Å². The first-order valence-electron chi connectivity index (χ1n) is 5.15. The summed E-state index contributed by atoms with van der Waals surface area (Å²) in [7, 11) is -3.22. The zero-order valence-electron chi connectivity index (χ0n) is 8.95. The number of rotatable bonds is 3. The van der Waals surface area contributed by atoms with E-state index in [1.165, 1.54) is 0 Å². The fourth-order valence-electron chi connectivity index (χ4n) is 1.65. The summed E-state index contributed by atoms with van der Waals surface area (Å²) in [5.74, 6) is -0.810. The minimum Gasteiger partial charge on any atom is -0.351 e. The van der Waals surface area contributed by atoms with Gasteiger partial charge in [0.05, 0.1) is 0 Å². The third-order valence-corrected chi connectivity index (χ3v) is 3.09. The molecule has 1 rings (SSSR count). The molecule has 6 heteroatoms. The van der Waals surface area contributed by atoms with Crippen LogP contribution < -0.4 is 10.6 Å². The van der Waals surface area contributed by atoms with Gasteiger partial charge in [-0.2, -0.15) is 0 Å². The summed E-state index contributed by atoms with van der Waals surface area (Å²) < 4.78 is 21.7. The van der Waals surface area contributed by atoms with Gasteiger partial charge in [-0.05, 0) is 19.4 Å². The van der Waals surface area contributed by atoms with E-state index >= 15 is 0 Å². The molecule has 1 heterocycles. The van der Waals surface area contributed by atoms with Gasteiger partial charge in [-0.15, -0.1) is 0 Å². The van der Waals surface area contributed by atoms with Crippen molar-refractivity contribution in [3.63, 3.8) is 0 Å². The minimum atomic E-state index is -3.22. The molecule has 0 aromatic carbocycles. The van der Waals surface area contributed by atoms with Crippen LogP contribution in [-0.4, -0.2) is 45.5 Å². The Kier molecular flexibility index (Phi) is 4.53. The number of carbonyl (C=O) groups is 1. The molecular formula is C9H18N2O3S. The molecule has 1 unspecified atom stereocenters. The Morgan fingerprint density at radius 1 is 1.47 bits per heavy atom. The molecule has 0 bridgehead atoms.